The Morgan fingerprint density at radius 2 is 1.84 bits per heavy atom. The van der Waals surface area contributed by atoms with Gasteiger partial charge in [-0.15, -0.1) is 11.8 Å². The van der Waals surface area contributed by atoms with Gasteiger partial charge in [0.05, 0.1) is 17.7 Å². The first-order valence-corrected chi connectivity index (χ1v) is 10.8. The van der Waals surface area contributed by atoms with Gasteiger partial charge in [0, 0.05) is 22.4 Å². The fourth-order valence-electron chi connectivity index (χ4n) is 2.76. The first-order valence-electron chi connectivity index (χ1n) is 9.96. The number of nitrogens with zero attached hydrogens (tertiary/aromatic N) is 1. The fourth-order valence-corrected chi connectivity index (χ4v) is 3.68. The van der Waals surface area contributed by atoms with Gasteiger partial charge in [-0.25, -0.2) is 9.78 Å². The van der Waals surface area contributed by atoms with Gasteiger partial charge in [0.25, 0.3) is 0 Å². The lowest BCUT2D eigenvalue weighted by Crippen LogP contribution is -2.16. The van der Waals surface area contributed by atoms with Gasteiger partial charge >= 0.3 is 5.97 Å². The number of carboxylic acid groups (broad SMARTS) is 1. The molecule has 31 heavy (non-hydrogen) atoms. The van der Waals surface area contributed by atoms with E-state index in [4.69, 9.17) is 4.74 Å². The molecule has 1 unspecified atom stereocenters. The van der Waals surface area contributed by atoms with Crippen LogP contribution in [0.3, 0.4) is 0 Å². The van der Waals surface area contributed by atoms with Crippen molar-refractivity contribution in [1.29, 1.82) is 0 Å². The number of anilines is 1. The van der Waals surface area contributed by atoms with Crippen LogP contribution in [0.4, 0.5) is 5.69 Å². The summed E-state index contributed by atoms with van der Waals surface area (Å²) < 4.78 is 5.78. The minimum Gasteiger partial charge on any atom is -0.478 e. The first-order chi connectivity index (χ1) is 14.9. The standard InChI is InChI=1S/C24H24N2O4S/c1-3-16(2)31-19-11-9-18(10-12-19)30-23-13-8-17(15-25-23)14-22(27)26-21-7-5-4-6-20(21)24(28)29/h4-13,15-16H,3,14H2,1-2H3,(H,26,27)(H,28,29). The van der Waals surface area contributed by atoms with Crippen LogP contribution in [-0.2, 0) is 11.2 Å². The van der Waals surface area contributed by atoms with E-state index in [1.165, 1.54) is 11.0 Å². The van der Waals surface area contributed by atoms with Crippen molar-refractivity contribution in [2.75, 3.05) is 5.32 Å². The minimum atomic E-state index is -1.09. The third-order valence-corrected chi connectivity index (χ3v) is 5.83. The van der Waals surface area contributed by atoms with Gasteiger partial charge in [0.1, 0.15) is 5.75 Å². The number of nitrogens with one attached hydrogen (secondary N) is 1. The van der Waals surface area contributed by atoms with Gasteiger partial charge in [-0.1, -0.05) is 32.0 Å². The van der Waals surface area contributed by atoms with E-state index >= 15 is 0 Å². The molecule has 2 N–H and O–H groups in total. The SMILES string of the molecule is CCC(C)Sc1ccc(Oc2ccc(CC(=O)Nc3ccccc3C(=O)O)cn2)cc1. The molecule has 1 aromatic heterocycles. The van der Waals surface area contributed by atoms with Crippen molar-refractivity contribution >= 4 is 29.3 Å². The monoisotopic (exact) mass is 436 g/mol. The van der Waals surface area contributed by atoms with Crippen LogP contribution < -0.4 is 10.1 Å². The third-order valence-electron chi connectivity index (χ3n) is 4.55. The van der Waals surface area contributed by atoms with Crippen LogP contribution in [0.15, 0.2) is 71.8 Å². The highest BCUT2D eigenvalue weighted by molar-refractivity contribution is 7.99. The molecule has 1 atom stereocenters. The lowest BCUT2D eigenvalue weighted by Gasteiger charge is -2.10. The largest absolute Gasteiger partial charge is 0.478 e. The number of rotatable bonds is 9. The van der Waals surface area contributed by atoms with Gasteiger partial charge < -0.3 is 15.2 Å². The maximum atomic E-state index is 12.3. The topological polar surface area (TPSA) is 88.5 Å². The third kappa shape index (κ3) is 6.58. The molecule has 3 aromatic rings. The second kappa shape index (κ2) is 10.6. The zero-order valence-electron chi connectivity index (χ0n) is 17.4. The fraction of sp³-hybridized carbons (Fsp3) is 0.208. The number of pyridine rings is 1. The zero-order chi connectivity index (χ0) is 22.2. The van der Waals surface area contributed by atoms with Crippen LogP contribution in [0, 0.1) is 0 Å². The smallest absolute Gasteiger partial charge is 0.337 e. The molecule has 0 saturated carbocycles. The van der Waals surface area contributed by atoms with E-state index in [2.05, 4.69) is 24.1 Å². The molecule has 3 rings (SSSR count). The number of hydrogen-bond acceptors (Lipinski definition) is 5. The summed E-state index contributed by atoms with van der Waals surface area (Å²) in [5.74, 6) is -0.288. The number of benzene rings is 2. The minimum absolute atomic E-state index is 0.0475. The molecule has 160 valence electrons. The summed E-state index contributed by atoms with van der Waals surface area (Å²) >= 11 is 1.83. The Balaban J connectivity index is 1.57. The molecular weight excluding hydrogens is 412 g/mol. The molecule has 1 heterocycles. The van der Waals surface area contributed by atoms with Crippen molar-refractivity contribution in [1.82, 2.24) is 4.98 Å². The average Bonchev–Trinajstić information content (AvgIpc) is 2.76. The molecule has 0 spiro atoms. The molecule has 0 radical (unpaired) electrons. The summed E-state index contributed by atoms with van der Waals surface area (Å²) in [4.78, 5) is 29.0. The molecular formula is C24H24N2O4S. The Hall–Kier alpha value is -3.32. The number of carbonyl (C=O) groups is 2. The molecule has 0 bridgehead atoms. The highest BCUT2D eigenvalue weighted by Gasteiger charge is 2.12. The number of carboxylic acids is 1. The molecule has 0 fully saturated rings. The van der Waals surface area contributed by atoms with Crippen LogP contribution in [-0.4, -0.2) is 27.2 Å². The number of aromatic carboxylic acids is 1. The average molecular weight is 437 g/mol. The van der Waals surface area contributed by atoms with E-state index in [0.29, 0.717) is 22.4 Å². The summed E-state index contributed by atoms with van der Waals surface area (Å²) in [5.41, 5.74) is 1.01. The molecule has 0 aliphatic heterocycles. The van der Waals surface area contributed by atoms with E-state index in [1.54, 1.807) is 36.5 Å². The highest BCUT2D eigenvalue weighted by Crippen LogP contribution is 2.28. The highest BCUT2D eigenvalue weighted by atomic mass is 32.2. The zero-order valence-corrected chi connectivity index (χ0v) is 18.2. The van der Waals surface area contributed by atoms with Crippen molar-refractivity contribution in [3.8, 4) is 11.6 Å². The Morgan fingerprint density at radius 1 is 1.10 bits per heavy atom. The van der Waals surface area contributed by atoms with Gasteiger partial charge in [0.15, 0.2) is 0 Å². The molecule has 0 saturated heterocycles. The van der Waals surface area contributed by atoms with Gasteiger partial charge in [-0.05, 0) is 48.4 Å². The summed E-state index contributed by atoms with van der Waals surface area (Å²) in [6.45, 7) is 4.37. The van der Waals surface area contributed by atoms with Crippen molar-refractivity contribution in [2.24, 2.45) is 0 Å². The molecule has 0 aliphatic rings. The van der Waals surface area contributed by atoms with Crippen molar-refractivity contribution < 1.29 is 19.4 Å². The first kappa shape index (κ1) is 22.4. The Morgan fingerprint density at radius 3 is 2.48 bits per heavy atom. The molecule has 2 aromatic carbocycles. The lowest BCUT2D eigenvalue weighted by molar-refractivity contribution is -0.115. The number of thioether (sulfide) groups is 1. The lowest BCUT2D eigenvalue weighted by atomic mass is 10.1. The summed E-state index contributed by atoms with van der Waals surface area (Å²) in [7, 11) is 0. The van der Waals surface area contributed by atoms with E-state index in [0.717, 1.165) is 6.42 Å². The molecule has 0 aliphatic carbocycles. The quantitative estimate of drug-likeness (QED) is 0.422. The maximum Gasteiger partial charge on any atom is 0.337 e. The Kier molecular flexibility index (Phi) is 7.67. The van der Waals surface area contributed by atoms with Crippen molar-refractivity contribution in [3.63, 3.8) is 0 Å². The van der Waals surface area contributed by atoms with E-state index < -0.39 is 5.97 Å². The van der Waals surface area contributed by atoms with Crippen LogP contribution in [0.5, 0.6) is 11.6 Å². The van der Waals surface area contributed by atoms with Crippen molar-refractivity contribution in [2.45, 2.75) is 36.8 Å². The van der Waals surface area contributed by atoms with Gasteiger partial charge in [-0.3, -0.25) is 4.79 Å². The predicted octanol–water partition coefficient (Wildman–Crippen LogP) is 5.64. The molecule has 1 amide bonds. The maximum absolute atomic E-state index is 12.3. The number of amides is 1. The van der Waals surface area contributed by atoms with Crippen LogP contribution in [0.1, 0.15) is 36.2 Å². The number of ether oxygens (including phenoxy) is 1. The van der Waals surface area contributed by atoms with Crippen LogP contribution >= 0.6 is 11.8 Å². The molecule has 6 nitrogen and oxygen atoms in total. The number of para-hydroxylation sites is 1. The summed E-state index contributed by atoms with van der Waals surface area (Å²) in [5, 5.41) is 12.4. The van der Waals surface area contributed by atoms with Crippen LogP contribution in [0.2, 0.25) is 0 Å². The van der Waals surface area contributed by atoms with E-state index in [9.17, 15) is 14.7 Å². The Bertz CT molecular complexity index is 1040. The normalized spacial score (nSPS) is 11.5. The summed E-state index contributed by atoms with van der Waals surface area (Å²) in [6, 6.07) is 17.6. The van der Waals surface area contributed by atoms with Gasteiger partial charge in [-0.2, -0.15) is 0 Å². The number of hydrogen-bond donors (Lipinski definition) is 2. The second-order valence-corrected chi connectivity index (χ2v) is 8.50. The van der Waals surface area contributed by atoms with Crippen LogP contribution in [0.25, 0.3) is 0 Å². The number of carbonyl (C=O) groups excluding carboxylic acids is 1. The van der Waals surface area contributed by atoms with Gasteiger partial charge in [0.2, 0.25) is 11.8 Å². The van der Waals surface area contributed by atoms with Crippen molar-refractivity contribution in [3.05, 3.63) is 78.0 Å². The molecule has 7 heteroatoms. The van der Waals surface area contributed by atoms with E-state index in [1.807, 2.05) is 36.0 Å². The Labute approximate surface area is 185 Å². The summed E-state index contributed by atoms with van der Waals surface area (Å²) in [6.07, 6.45) is 2.76. The number of aromatic nitrogens is 1. The van der Waals surface area contributed by atoms with E-state index in [-0.39, 0.29) is 23.6 Å². The second-order valence-electron chi connectivity index (χ2n) is 6.99. The predicted molar refractivity (Wildman–Crippen MR) is 122 cm³/mol.